The molecule has 1 fully saturated rings. The lowest BCUT2D eigenvalue weighted by molar-refractivity contribution is -0.127. The maximum Gasteiger partial charge on any atom is 0.246 e. The fourth-order valence-corrected chi connectivity index (χ4v) is 4.93. The van der Waals surface area contributed by atoms with Gasteiger partial charge in [-0.2, -0.15) is 5.10 Å². The number of carbonyl (C=O) groups is 1. The first-order chi connectivity index (χ1) is 11.7. The molecule has 1 aromatic heterocycles. The number of rotatable bonds is 7. The Hall–Kier alpha value is -1.38. The van der Waals surface area contributed by atoms with Crippen molar-refractivity contribution in [3.63, 3.8) is 0 Å². The molecule has 1 aliphatic rings. The molecule has 1 aromatic rings. The van der Waals surface area contributed by atoms with Crippen LogP contribution < -0.4 is 0 Å². The Bertz CT molecular complexity index is 758. The van der Waals surface area contributed by atoms with Crippen LogP contribution in [0.5, 0.6) is 0 Å². The molecule has 0 bridgehead atoms. The van der Waals surface area contributed by atoms with E-state index in [-0.39, 0.29) is 23.5 Å². The van der Waals surface area contributed by atoms with E-state index in [1.165, 1.54) is 6.08 Å². The topological polar surface area (TPSA) is 81.5 Å². The largest absolute Gasteiger partial charge is 0.385 e. The van der Waals surface area contributed by atoms with Crippen LogP contribution in [0.25, 0.3) is 6.08 Å². The van der Waals surface area contributed by atoms with Gasteiger partial charge in [0.1, 0.15) is 5.15 Å². The third kappa shape index (κ3) is 5.05. The number of hydrogen-bond donors (Lipinski definition) is 0. The predicted molar refractivity (Wildman–Crippen MR) is 97.3 cm³/mol. The first-order valence-electron chi connectivity index (χ1n) is 8.12. The number of nitrogens with zero attached hydrogens (tertiary/aromatic N) is 3. The fraction of sp³-hybridized carbons (Fsp3) is 0.625. The second kappa shape index (κ2) is 8.33. The van der Waals surface area contributed by atoms with E-state index in [9.17, 15) is 13.2 Å². The molecular formula is C16H24ClN3O4S. The molecule has 0 N–H and O–H groups in total. The van der Waals surface area contributed by atoms with Crippen LogP contribution in [0.2, 0.25) is 5.15 Å². The van der Waals surface area contributed by atoms with Gasteiger partial charge in [-0.1, -0.05) is 11.6 Å². The van der Waals surface area contributed by atoms with Crippen LogP contribution in [0.4, 0.5) is 0 Å². The summed E-state index contributed by atoms with van der Waals surface area (Å²) < 4.78 is 30.1. The summed E-state index contributed by atoms with van der Waals surface area (Å²) in [6.07, 6.45) is 4.20. The summed E-state index contributed by atoms with van der Waals surface area (Å²) in [5, 5.41) is 4.66. The highest BCUT2D eigenvalue weighted by molar-refractivity contribution is 7.91. The van der Waals surface area contributed by atoms with Crippen molar-refractivity contribution in [1.29, 1.82) is 0 Å². The molecule has 0 spiro atoms. The van der Waals surface area contributed by atoms with E-state index < -0.39 is 9.84 Å². The number of methoxy groups -OCH3 is 1. The van der Waals surface area contributed by atoms with E-state index in [2.05, 4.69) is 5.10 Å². The number of aryl methyl sites for hydroxylation is 2. The van der Waals surface area contributed by atoms with Crippen LogP contribution in [-0.4, -0.2) is 66.8 Å². The van der Waals surface area contributed by atoms with Gasteiger partial charge in [-0.25, -0.2) is 8.42 Å². The second-order valence-electron chi connectivity index (χ2n) is 6.18. The molecule has 2 heterocycles. The zero-order valence-electron chi connectivity index (χ0n) is 14.7. The van der Waals surface area contributed by atoms with Gasteiger partial charge in [0.2, 0.25) is 5.91 Å². The van der Waals surface area contributed by atoms with E-state index in [4.69, 9.17) is 16.3 Å². The van der Waals surface area contributed by atoms with Crippen molar-refractivity contribution in [3.8, 4) is 0 Å². The van der Waals surface area contributed by atoms with Gasteiger partial charge in [-0.15, -0.1) is 0 Å². The van der Waals surface area contributed by atoms with Crippen molar-refractivity contribution in [3.05, 3.63) is 22.5 Å². The maximum atomic E-state index is 12.7. The molecule has 0 radical (unpaired) electrons. The Balaban J connectivity index is 2.15. The van der Waals surface area contributed by atoms with Crippen molar-refractivity contribution < 1.29 is 17.9 Å². The SMILES string of the molecule is COCCCN(C(=O)/C=C/c1c(C)nn(C)c1Cl)C1CCS(=O)(=O)C1. The minimum absolute atomic E-state index is 0.0201. The van der Waals surface area contributed by atoms with Gasteiger partial charge in [0.25, 0.3) is 0 Å². The van der Waals surface area contributed by atoms with E-state index in [1.54, 1.807) is 29.8 Å². The highest BCUT2D eigenvalue weighted by Gasteiger charge is 2.33. The van der Waals surface area contributed by atoms with E-state index >= 15 is 0 Å². The summed E-state index contributed by atoms with van der Waals surface area (Å²) in [5.74, 6) is -0.0765. The molecule has 7 nitrogen and oxygen atoms in total. The monoisotopic (exact) mass is 389 g/mol. The summed E-state index contributed by atoms with van der Waals surface area (Å²) in [7, 11) is 0.262. The normalized spacial score (nSPS) is 19.6. The van der Waals surface area contributed by atoms with Crippen molar-refractivity contribution >= 4 is 33.4 Å². The molecular weight excluding hydrogens is 366 g/mol. The Morgan fingerprint density at radius 1 is 1.52 bits per heavy atom. The molecule has 1 aliphatic heterocycles. The predicted octanol–water partition coefficient (Wildman–Crippen LogP) is 1.45. The minimum Gasteiger partial charge on any atom is -0.385 e. The molecule has 0 saturated carbocycles. The van der Waals surface area contributed by atoms with Gasteiger partial charge in [-0.3, -0.25) is 9.48 Å². The van der Waals surface area contributed by atoms with E-state index in [0.29, 0.717) is 36.7 Å². The number of halogens is 1. The Morgan fingerprint density at radius 2 is 2.24 bits per heavy atom. The minimum atomic E-state index is -3.07. The molecule has 1 amide bonds. The standard InChI is InChI=1S/C16H24ClN3O4S/c1-12-14(16(17)19(2)18-12)5-6-15(21)20(8-4-9-24-3)13-7-10-25(22,23)11-13/h5-6,13H,4,7-11H2,1-3H3/b6-5+. The Morgan fingerprint density at radius 3 is 2.76 bits per heavy atom. The average Bonchev–Trinajstić information content (AvgIpc) is 3.01. The van der Waals surface area contributed by atoms with Gasteiger partial charge in [-0.05, 0) is 25.8 Å². The van der Waals surface area contributed by atoms with Gasteiger partial charge >= 0.3 is 0 Å². The summed E-state index contributed by atoms with van der Waals surface area (Å²) in [6, 6.07) is -0.288. The highest BCUT2D eigenvalue weighted by Crippen LogP contribution is 2.22. The number of aromatic nitrogens is 2. The van der Waals surface area contributed by atoms with Crippen molar-refractivity contribution in [2.75, 3.05) is 31.8 Å². The van der Waals surface area contributed by atoms with E-state index in [0.717, 1.165) is 5.69 Å². The molecule has 25 heavy (non-hydrogen) atoms. The van der Waals surface area contributed by atoms with Gasteiger partial charge in [0.15, 0.2) is 9.84 Å². The van der Waals surface area contributed by atoms with Crippen LogP contribution in [-0.2, 0) is 26.4 Å². The molecule has 0 aromatic carbocycles. The summed E-state index contributed by atoms with van der Waals surface area (Å²) in [6.45, 7) is 2.79. The lowest BCUT2D eigenvalue weighted by atomic mass is 10.2. The molecule has 1 saturated heterocycles. The lowest BCUT2D eigenvalue weighted by Crippen LogP contribution is -2.41. The maximum absolute atomic E-state index is 12.7. The second-order valence-corrected chi connectivity index (χ2v) is 8.77. The lowest BCUT2D eigenvalue weighted by Gasteiger charge is -2.27. The third-order valence-electron chi connectivity index (χ3n) is 4.27. The van der Waals surface area contributed by atoms with Crippen molar-refractivity contribution in [2.45, 2.75) is 25.8 Å². The number of hydrogen-bond acceptors (Lipinski definition) is 5. The first kappa shape index (κ1) is 19.9. The molecule has 140 valence electrons. The van der Waals surface area contributed by atoms with Gasteiger partial charge in [0.05, 0.1) is 17.2 Å². The van der Waals surface area contributed by atoms with Crippen molar-refractivity contribution in [1.82, 2.24) is 14.7 Å². The van der Waals surface area contributed by atoms with Crippen molar-refractivity contribution in [2.24, 2.45) is 7.05 Å². The van der Waals surface area contributed by atoms with Crippen LogP contribution in [0.3, 0.4) is 0 Å². The van der Waals surface area contributed by atoms with Crippen LogP contribution in [0, 0.1) is 6.92 Å². The quantitative estimate of drug-likeness (QED) is 0.520. The van der Waals surface area contributed by atoms with Crippen LogP contribution >= 0.6 is 11.6 Å². The molecule has 9 heteroatoms. The molecule has 1 unspecified atom stereocenters. The molecule has 2 rings (SSSR count). The molecule has 1 atom stereocenters. The zero-order valence-corrected chi connectivity index (χ0v) is 16.3. The van der Waals surface area contributed by atoms with Crippen LogP contribution in [0.1, 0.15) is 24.1 Å². The molecule has 0 aliphatic carbocycles. The average molecular weight is 390 g/mol. The highest BCUT2D eigenvalue weighted by atomic mass is 35.5. The van der Waals surface area contributed by atoms with Gasteiger partial charge < -0.3 is 9.64 Å². The summed E-state index contributed by atoms with van der Waals surface area (Å²) in [4.78, 5) is 14.3. The number of amides is 1. The third-order valence-corrected chi connectivity index (χ3v) is 6.47. The smallest absolute Gasteiger partial charge is 0.246 e. The number of sulfone groups is 1. The Kier molecular flexibility index (Phi) is 6.65. The summed E-state index contributed by atoms with van der Waals surface area (Å²) in [5.41, 5.74) is 1.42. The fourth-order valence-electron chi connectivity index (χ4n) is 2.96. The number of ether oxygens (including phenoxy) is 1. The Labute approximate surface area is 153 Å². The van der Waals surface area contributed by atoms with Crippen LogP contribution in [0.15, 0.2) is 6.08 Å². The zero-order chi connectivity index (χ0) is 18.6. The summed E-state index contributed by atoms with van der Waals surface area (Å²) >= 11 is 6.17. The van der Waals surface area contributed by atoms with E-state index in [1.807, 2.05) is 6.92 Å². The number of carbonyl (C=O) groups excluding carboxylic acids is 1. The van der Waals surface area contributed by atoms with Gasteiger partial charge in [0, 0.05) is 45.0 Å². The first-order valence-corrected chi connectivity index (χ1v) is 10.3.